The van der Waals surface area contributed by atoms with E-state index in [4.69, 9.17) is 15.0 Å². The van der Waals surface area contributed by atoms with Gasteiger partial charge in [-0.05, 0) is 18.2 Å². The first-order chi connectivity index (χ1) is 9.24. The van der Waals surface area contributed by atoms with Crippen molar-refractivity contribution in [2.24, 2.45) is 12.8 Å². The monoisotopic (exact) mass is 258 g/mol. The van der Waals surface area contributed by atoms with Crippen molar-refractivity contribution in [2.45, 2.75) is 6.54 Å². The lowest BCUT2D eigenvalue weighted by Crippen LogP contribution is -1.96. The van der Waals surface area contributed by atoms with Gasteiger partial charge in [-0.15, -0.1) is 0 Å². The Hall–Kier alpha value is -2.34. The van der Waals surface area contributed by atoms with E-state index in [2.05, 4.69) is 10.1 Å². The zero-order valence-corrected chi connectivity index (χ0v) is 10.8. The van der Waals surface area contributed by atoms with Crippen molar-refractivity contribution in [2.75, 3.05) is 7.11 Å². The van der Waals surface area contributed by atoms with Crippen molar-refractivity contribution in [3.05, 3.63) is 30.3 Å². The summed E-state index contributed by atoms with van der Waals surface area (Å²) in [4.78, 5) is 4.27. The van der Waals surface area contributed by atoms with E-state index >= 15 is 0 Å². The molecule has 0 fully saturated rings. The number of nitrogens with two attached hydrogens (primary N) is 1. The molecule has 0 saturated carbocycles. The van der Waals surface area contributed by atoms with E-state index in [-0.39, 0.29) is 6.54 Å². The summed E-state index contributed by atoms with van der Waals surface area (Å²) >= 11 is 0. The van der Waals surface area contributed by atoms with Gasteiger partial charge < -0.3 is 19.6 Å². The van der Waals surface area contributed by atoms with Gasteiger partial charge in [-0.2, -0.15) is 4.98 Å². The van der Waals surface area contributed by atoms with Gasteiger partial charge in [-0.1, -0.05) is 5.16 Å². The highest BCUT2D eigenvalue weighted by molar-refractivity contribution is 5.97. The molecule has 0 aliphatic heterocycles. The van der Waals surface area contributed by atoms with Gasteiger partial charge in [0.2, 0.25) is 11.7 Å². The minimum atomic E-state index is 0.222. The number of hydrogen-bond donors (Lipinski definition) is 1. The van der Waals surface area contributed by atoms with Crippen molar-refractivity contribution in [1.29, 1.82) is 0 Å². The lowest BCUT2D eigenvalue weighted by Gasteiger charge is -2.07. The average Bonchev–Trinajstić information content (AvgIpc) is 3.05. The molecule has 0 unspecified atom stereocenters. The predicted molar refractivity (Wildman–Crippen MR) is 70.7 cm³/mol. The van der Waals surface area contributed by atoms with Crippen LogP contribution < -0.4 is 10.5 Å². The van der Waals surface area contributed by atoms with Crippen LogP contribution in [-0.2, 0) is 13.6 Å². The molecule has 6 nitrogen and oxygen atoms in total. The standard InChI is InChI=1S/C13H14N4O2/c1-17-6-5-8-9(17)3-4-10(18-2)12(8)13-15-11(7-14)19-16-13/h3-6H,7,14H2,1-2H3. The van der Waals surface area contributed by atoms with Gasteiger partial charge in [-0.25, -0.2) is 0 Å². The highest BCUT2D eigenvalue weighted by Gasteiger charge is 2.17. The summed E-state index contributed by atoms with van der Waals surface area (Å²) in [5.41, 5.74) is 7.40. The molecule has 2 heterocycles. The minimum absolute atomic E-state index is 0.222. The van der Waals surface area contributed by atoms with Gasteiger partial charge in [0.15, 0.2) is 0 Å². The lowest BCUT2D eigenvalue weighted by molar-refractivity contribution is 0.380. The van der Waals surface area contributed by atoms with Gasteiger partial charge in [0.05, 0.1) is 19.2 Å². The molecule has 0 radical (unpaired) electrons. The lowest BCUT2D eigenvalue weighted by atomic mass is 10.1. The van der Waals surface area contributed by atoms with E-state index in [1.807, 2.05) is 36.0 Å². The highest BCUT2D eigenvalue weighted by atomic mass is 16.5. The maximum absolute atomic E-state index is 5.50. The van der Waals surface area contributed by atoms with Crippen LogP contribution in [0.15, 0.2) is 28.9 Å². The van der Waals surface area contributed by atoms with E-state index < -0.39 is 0 Å². The Kier molecular flexibility index (Phi) is 2.72. The quantitative estimate of drug-likeness (QED) is 0.773. The molecular weight excluding hydrogens is 244 g/mol. The molecule has 0 aliphatic carbocycles. The third-order valence-corrected chi connectivity index (χ3v) is 3.12. The predicted octanol–water partition coefficient (Wildman–Crippen LogP) is 1.70. The zero-order chi connectivity index (χ0) is 13.4. The Morgan fingerprint density at radius 1 is 1.37 bits per heavy atom. The van der Waals surface area contributed by atoms with Gasteiger partial charge in [0, 0.05) is 24.1 Å². The Labute approximate surface area is 109 Å². The normalized spacial score (nSPS) is 11.1. The van der Waals surface area contributed by atoms with Gasteiger partial charge in [0.1, 0.15) is 5.75 Å². The maximum atomic E-state index is 5.50. The molecule has 0 aliphatic rings. The summed E-state index contributed by atoms with van der Waals surface area (Å²) in [7, 11) is 3.61. The van der Waals surface area contributed by atoms with Crippen LogP contribution >= 0.6 is 0 Å². The summed E-state index contributed by atoms with van der Waals surface area (Å²) in [6.45, 7) is 0.222. The number of nitrogens with zero attached hydrogens (tertiary/aromatic N) is 3. The molecule has 0 atom stereocenters. The Bertz CT molecular complexity index is 729. The fraction of sp³-hybridized carbons (Fsp3) is 0.231. The van der Waals surface area contributed by atoms with Crippen molar-refractivity contribution in [3.63, 3.8) is 0 Å². The number of aromatic nitrogens is 3. The van der Waals surface area contributed by atoms with Crippen molar-refractivity contribution >= 4 is 10.9 Å². The van der Waals surface area contributed by atoms with Crippen LogP contribution in [-0.4, -0.2) is 21.8 Å². The van der Waals surface area contributed by atoms with Crippen molar-refractivity contribution in [3.8, 4) is 17.1 Å². The average molecular weight is 258 g/mol. The largest absolute Gasteiger partial charge is 0.496 e. The molecule has 1 aromatic carbocycles. The first kappa shape index (κ1) is 11.7. The first-order valence-corrected chi connectivity index (χ1v) is 5.89. The molecule has 2 N–H and O–H groups in total. The summed E-state index contributed by atoms with van der Waals surface area (Å²) in [5, 5.41) is 4.99. The van der Waals surface area contributed by atoms with E-state index in [1.54, 1.807) is 7.11 Å². The molecular formula is C13H14N4O2. The van der Waals surface area contributed by atoms with Gasteiger partial charge in [0.25, 0.3) is 0 Å². The maximum Gasteiger partial charge on any atom is 0.240 e. The van der Waals surface area contributed by atoms with Gasteiger partial charge >= 0.3 is 0 Å². The van der Waals surface area contributed by atoms with E-state index in [0.29, 0.717) is 17.5 Å². The molecule has 6 heteroatoms. The van der Waals surface area contributed by atoms with Crippen molar-refractivity contribution in [1.82, 2.24) is 14.7 Å². The van der Waals surface area contributed by atoms with E-state index in [0.717, 1.165) is 16.5 Å². The highest BCUT2D eigenvalue weighted by Crippen LogP contribution is 2.35. The topological polar surface area (TPSA) is 79.1 Å². The molecule has 3 rings (SSSR count). The van der Waals surface area contributed by atoms with Crippen LogP contribution in [0.25, 0.3) is 22.3 Å². The summed E-state index contributed by atoms with van der Waals surface area (Å²) in [6.07, 6.45) is 1.98. The summed E-state index contributed by atoms with van der Waals surface area (Å²) in [5.74, 6) is 1.61. The van der Waals surface area contributed by atoms with Crippen LogP contribution in [0.2, 0.25) is 0 Å². The third kappa shape index (κ3) is 1.77. The molecule has 0 saturated heterocycles. The molecule has 98 valence electrons. The zero-order valence-electron chi connectivity index (χ0n) is 10.8. The van der Waals surface area contributed by atoms with Gasteiger partial charge in [-0.3, -0.25) is 0 Å². The summed E-state index contributed by atoms with van der Waals surface area (Å²) in [6, 6.07) is 5.91. The number of fused-ring (bicyclic) bond motifs is 1. The van der Waals surface area contributed by atoms with Crippen LogP contribution in [0.5, 0.6) is 5.75 Å². The number of benzene rings is 1. The number of methoxy groups -OCH3 is 1. The SMILES string of the molecule is COc1ccc2c(ccn2C)c1-c1noc(CN)n1. The third-order valence-electron chi connectivity index (χ3n) is 3.12. The summed E-state index contributed by atoms with van der Waals surface area (Å²) < 4.78 is 12.5. The number of rotatable bonds is 3. The number of hydrogen-bond acceptors (Lipinski definition) is 5. The number of ether oxygens (including phenoxy) is 1. The smallest absolute Gasteiger partial charge is 0.240 e. The van der Waals surface area contributed by atoms with Crippen LogP contribution in [0.4, 0.5) is 0 Å². The Morgan fingerprint density at radius 3 is 2.89 bits per heavy atom. The minimum Gasteiger partial charge on any atom is -0.496 e. The second-order valence-corrected chi connectivity index (χ2v) is 4.22. The fourth-order valence-corrected chi connectivity index (χ4v) is 2.17. The molecule has 3 aromatic rings. The van der Waals surface area contributed by atoms with Crippen molar-refractivity contribution < 1.29 is 9.26 Å². The molecule has 0 bridgehead atoms. The Balaban J connectivity index is 2.30. The molecule has 2 aromatic heterocycles. The van der Waals surface area contributed by atoms with Crippen LogP contribution in [0, 0.1) is 0 Å². The molecule has 0 spiro atoms. The number of aryl methyl sites for hydroxylation is 1. The van der Waals surface area contributed by atoms with Crippen LogP contribution in [0.1, 0.15) is 5.89 Å². The fourth-order valence-electron chi connectivity index (χ4n) is 2.17. The molecule has 19 heavy (non-hydrogen) atoms. The Morgan fingerprint density at radius 2 is 2.21 bits per heavy atom. The first-order valence-electron chi connectivity index (χ1n) is 5.89. The molecule has 0 amide bonds. The van der Waals surface area contributed by atoms with E-state index in [9.17, 15) is 0 Å². The van der Waals surface area contributed by atoms with Crippen LogP contribution in [0.3, 0.4) is 0 Å². The second kappa shape index (κ2) is 4.40. The second-order valence-electron chi connectivity index (χ2n) is 4.22. The van der Waals surface area contributed by atoms with E-state index in [1.165, 1.54) is 0 Å².